The summed E-state index contributed by atoms with van der Waals surface area (Å²) in [6, 6.07) is 22.7. The number of ether oxygens (including phenoxy) is 4. The minimum Gasteiger partial charge on any atom is -0.493 e. The minimum absolute atomic E-state index is 0.00902. The molecule has 0 aliphatic carbocycles. The van der Waals surface area contributed by atoms with Crippen LogP contribution in [0.2, 0.25) is 10.0 Å². The van der Waals surface area contributed by atoms with Crippen LogP contribution < -0.4 is 24.7 Å². The Hall–Kier alpha value is -5.24. The Balaban J connectivity index is 1.43. The molecule has 0 saturated carbocycles. The normalized spacial score (nSPS) is 13.8. The van der Waals surface area contributed by atoms with Crippen LogP contribution in [0.15, 0.2) is 90.3 Å². The van der Waals surface area contributed by atoms with Crippen molar-refractivity contribution in [2.24, 2.45) is 5.73 Å². The summed E-state index contributed by atoms with van der Waals surface area (Å²) in [7, 11) is 1.51. The molecule has 0 spiro atoms. The van der Waals surface area contributed by atoms with E-state index in [9.17, 15) is 20.2 Å². The number of fused-ring (bicyclic) bond motifs is 1. The van der Waals surface area contributed by atoms with E-state index in [1.165, 1.54) is 31.4 Å². The van der Waals surface area contributed by atoms with E-state index in [4.69, 9.17) is 47.9 Å². The van der Waals surface area contributed by atoms with Crippen LogP contribution >= 0.6 is 23.2 Å². The number of carbonyl (C=O) groups excluding carboxylic acids is 1. The lowest BCUT2D eigenvalue weighted by Gasteiger charge is -2.27. The Kier molecular flexibility index (Phi) is 8.39. The second kappa shape index (κ2) is 12.3. The number of benzene rings is 4. The fourth-order valence-electron chi connectivity index (χ4n) is 4.51. The molecule has 1 heterocycles. The van der Waals surface area contributed by atoms with Crippen molar-refractivity contribution >= 4 is 34.9 Å². The first-order valence-electron chi connectivity index (χ1n) is 12.6. The molecule has 10 nitrogen and oxygen atoms in total. The zero-order valence-electron chi connectivity index (χ0n) is 22.4. The van der Waals surface area contributed by atoms with Gasteiger partial charge in [0.2, 0.25) is 5.88 Å². The summed E-state index contributed by atoms with van der Waals surface area (Å²) in [6.07, 6.45) is 0. The van der Waals surface area contributed by atoms with Crippen LogP contribution in [0.4, 0.5) is 5.69 Å². The van der Waals surface area contributed by atoms with Crippen LogP contribution in [0.1, 0.15) is 33.0 Å². The molecule has 5 rings (SSSR count). The van der Waals surface area contributed by atoms with Gasteiger partial charge in [0.25, 0.3) is 5.69 Å². The van der Waals surface area contributed by atoms with Crippen LogP contribution in [0.25, 0.3) is 0 Å². The van der Waals surface area contributed by atoms with E-state index in [1.807, 2.05) is 12.1 Å². The lowest BCUT2D eigenvalue weighted by molar-refractivity contribution is -0.384. The van der Waals surface area contributed by atoms with Gasteiger partial charge in [-0.2, -0.15) is 5.26 Å². The molecule has 43 heavy (non-hydrogen) atoms. The molecule has 1 aliphatic rings. The van der Waals surface area contributed by atoms with E-state index in [0.717, 1.165) is 11.6 Å². The first-order valence-corrected chi connectivity index (χ1v) is 13.4. The number of nitriles is 1. The summed E-state index contributed by atoms with van der Waals surface area (Å²) in [5.74, 6) is -0.404. The monoisotopic (exact) mass is 617 g/mol. The van der Waals surface area contributed by atoms with Crippen LogP contribution in [0.5, 0.6) is 23.0 Å². The van der Waals surface area contributed by atoms with Gasteiger partial charge in [0.05, 0.1) is 28.5 Å². The Morgan fingerprint density at radius 2 is 1.81 bits per heavy atom. The van der Waals surface area contributed by atoms with E-state index >= 15 is 0 Å². The fraction of sp³-hybridized carbons (Fsp3) is 0.0968. The number of esters is 1. The number of allylic oxidation sites excluding steroid dienone is 1. The molecule has 0 saturated heterocycles. The average Bonchev–Trinajstić information content (AvgIpc) is 3.00. The maximum atomic E-state index is 12.8. The minimum atomic E-state index is -0.902. The van der Waals surface area contributed by atoms with Crippen molar-refractivity contribution in [2.45, 2.75) is 12.5 Å². The quantitative estimate of drug-likeness (QED) is 0.0961. The van der Waals surface area contributed by atoms with Crippen molar-refractivity contribution in [3.05, 3.63) is 133 Å². The van der Waals surface area contributed by atoms with Gasteiger partial charge in [0, 0.05) is 28.8 Å². The van der Waals surface area contributed by atoms with Crippen LogP contribution in [-0.4, -0.2) is 18.0 Å². The molecule has 1 unspecified atom stereocenters. The third-order valence-electron chi connectivity index (χ3n) is 6.61. The summed E-state index contributed by atoms with van der Waals surface area (Å²) in [5.41, 5.74) is 8.00. The van der Waals surface area contributed by atoms with E-state index in [0.29, 0.717) is 27.6 Å². The van der Waals surface area contributed by atoms with Gasteiger partial charge >= 0.3 is 5.97 Å². The van der Waals surface area contributed by atoms with Crippen molar-refractivity contribution in [2.75, 3.05) is 7.11 Å². The summed E-state index contributed by atoms with van der Waals surface area (Å²) >= 11 is 12.0. The van der Waals surface area contributed by atoms with Gasteiger partial charge in [-0.15, -0.1) is 0 Å². The molecule has 12 heteroatoms. The Morgan fingerprint density at radius 3 is 2.51 bits per heavy atom. The third kappa shape index (κ3) is 6.18. The fourth-order valence-corrected chi connectivity index (χ4v) is 4.83. The second-order valence-electron chi connectivity index (χ2n) is 9.26. The molecule has 0 bridgehead atoms. The van der Waals surface area contributed by atoms with Gasteiger partial charge in [-0.1, -0.05) is 47.5 Å². The van der Waals surface area contributed by atoms with Crippen LogP contribution in [0, 0.1) is 21.4 Å². The molecule has 0 aromatic heterocycles. The van der Waals surface area contributed by atoms with Gasteiger partial charge in [0.15, 0.2) is 11.5 Å². The second-order valence-corrected chi connectivity index (χ2v) is 10.1. The maximum Gasteiger partial charge on any atom is 0.345 e. The van der Waals surface area contributed by atoms with Gasteiger partial charge < -0.3 is 24.7 Å². The lowest BCUT2D eigenvalue weighted by Crippen LogP contribution is -2.21. The standard InChI is InChI=1S/C31H21Cl2N3O7/c1-40-28-12-18(4-11-26(28)41-16-17-2-5-19(32)6-3-17)29-22-9-8-21(14-27(22)43-30(35)24(29)15-34)42-31(37)23-13-20(36(38)39)7-10-25(23)33/h2-14,29H,16,35H2,1H3. The molecule has 1 aliphatic heterocycles. The number of hydrogen-bond donors (Lipinski definition) is 1. The number of nitro benzene ring substituents is 1. The first kappa shape index (κ1) is 29.3. The molecular weight excluding hydrogens is 597 g/mol. The predicted molar refractivity (Wildman–Crippen MR) is 158 cm³/mol. The van der Waals surface area contributed by atoms with Gasteiger partial charge in [-0.25, -0.2) is 4.79 Å². The number of methoxy groups -OCH3 is 1. The average molecular weight is 618 g/mol. The Morgan fingerprint density at radius 1 is 1.05 bits per heavy atom. The summed E-state index contributed by atoms with van der Waals surface area (Å²) < 4.78 is 22.7. The smallest absolute Gasteiger partial charge is 0.345 e. The molecule has 2 N–H and O–H groups in total. The van der Waals surface area contributed by atoms with Gasteiger partial charge in [-0.3, -0.25) is 10.1 Å². The predicted octanol–water partition coefficient (Wildman–Crippen LogP) is 6.93. The highest BCUT2D eigenvalue weighted by Crippen LogP contribution is 2.45. The number of nitrogens with two attached hydrogens (primary N) is 1. The molecular formula is C31H21Cl2N3O7. The molecule has 1 atom stereocenters. The zero-order valence-corrected chi connectivity index (χ0v) is 23.9. The van der Waals surface area contributed by atoms with Crippen molar-refractivity contribution in [3.63, 3.8) is 0 Å². The third-order valence-corrected chi connectivity index (χ3v) is 7.19. The first-order chi connectivity index (χ1) is 20.7. The number of halogens is 2. The van der Waals surface area contributed by atoms with Crippen LogP contribution in [0.3, 0.4) is 0 Å². The Labute approximate surface area is 255 Å². The molecule has 0 radical (unpaired) electrons. The molecule has 216 valence electrons. The number of nitrogens with zero attached hydrogens (tertiary/aromatic N) is 2. The van der Waals surface area contributed by atoms with Gasteiger partial charge in [0.1, 0.15) is 29.7 Å². The van der Waals surface area contributed by atoms with E-state index in [1.54, 1.807) is 36.4 Å². The van der Waals surface area contributed by atoms with Gasteiger partial charge in [-0.05, 0) is 47.5 Å². The Bertz CT molecular complexity index is 1820. The highest BCUT2D eigenvalue weighted by Gasteiger charge is 2.32. The van der Waals surface area contributed by atoms with Crippen molar-refractivity contribution in [1.29, 1.82) is 5.26 Å². The lowest BCUT2D eigenvalue weighted by atomic mass is 9.83. The number of hydrogen-bond acceptors (Lipinski definition) is 9. The highest BCUT2D eigenvalue weighted by atomic mass is 35.5. The largest absolute Gasteiger partial charge is 0.493 e. The summed E-state index contributed by atoms with van der Waals surface area (Å²) in [5, 5.41) is 21.7. The topological polar surface area (TPSA) is 147 Å². The molecule has 0 fully saturated rings. The number of carbonyl (C=O) groups is 1. The summed E-state index contributed by atoms with van der Waals surface area (Å²) in [4.78, 5) is 23.3. The van der Waals surface area contributed by atoms with Crippen LogP contribution in [-0.2, 0) is 6.61 Å². The molecule has 4 aromatic rings. The molecule has 0 amide bonds. The number of nitro groups is 1. The highest BCUT2D eigenvalue weighted by molar-refractivity contribution is 6.33. The summed E-state index contributed by atoms with van der Waals surface area (Å²) in [6.45, 7) is 0.284. The maximum absolute atomic E-state index is 12.8. The SMILES string of the molecule is COc1cc(C2C(C#N)=C(N)Oc3cc(OC(=O)c4cc([N+](=O)[O-])ccc4Cl)ccc32)ccc1OCc1ccc(Cl)cc1. The number of non-ortho nitro benzene ring substituents is 1. The number of rotatable bonds is 8. The van der Waals surface area contributed by atoms with E-state index in [2.05, 4.69) is 6.07 Å². The van der Waals surface area contributed by atoms with Crippen molar-refractivity contribution in [1.82, 2.24) is 0 Å². The molecule has 4 aromatic carbocycles. The van der Waals surface area contributed by atoms with E-state index < -0.39 is 16.8 Å². The zero-order chi connectivity index (χ0) is 30.7. The van der Waals surface area contributed by atoms with E-state index in [-0.39, 0.29) is 45.8 Å². The van der Waals surface area contributed by atoms with Crippen molar-refractivity contribution in [3.8, 4) is 29.1 Å². The van der Waals surface area contributed by atoms with Crippen molar-refractivity contribution < 1.29 is 28.7 Å².